The highest BCUT2D eigenvalue weighted by Gasteiger charge is 2.47. The van der Waals surface area contributed by atoms with Crippen LogP contribution in [0.15, 0.2) is 6.08 Å². The van der Waals surface area contributed by atoms with E-state index in [1.54, 1.807) is 13.8 Å². The van der Waals surface area contributed by atoms with Crippen LogP contribution in [0.3, 0.4) is 0 Å². The zero-order valence-corrected chi connectivity index (χ0v) is 15.3. The Bertz CT molecular complexity index is 775. The molecule has 2 aliphatic rings. The first-order valence-electron chi connectivity index (χ1n) is 8.22. The van der Waals surface area contributed by atoms with Gasteiger partial charge in [-0.1, -0.05) is 0 Å². The van der Waals surface area contributed by atoms with Crippen LogP contribution < -0.4 is 14.2 Å². The topological polar surface area (TPSA) is 85.2 Å². The number of aliphatic hydroxyl groups is 2. The molecule has 0 bridgehead atoms. The number of aliphatic hydroxyl groups excluding tert-OH is 2. The van der Waals surface area contributed by atoms with E-state index in [9.17, 15) is 15.0 Å². The van der Waals surface area contributed by atoms with Crippen molar-refractivity contribution in [2.75, 3.05) is 7.11 Å². The highest BCUT2D eigenvalue weighted by atomic mass is 16.5. The Morgan fingerprint density at radius 3 is 2.36 bits per heavy atom. The van der Waals surface area contributed by atoms with Gasteiger partial charge in [-0.15, -0.1) is 0 Å². The van der Waals surface area contributed by atoms with Crippen molar-refractivity contribution in [3.05, 3.63) is 22.8 Å². The van der Waals surface area contributed by atoms with Gasteiger partial charge in [0, 0.05) is 0 Å². The summed E-state index contributed by atoms with van der Waals surface area (Å²) >= 11 is 0. The van der Waals surface area contributed by atoms with Crippen LogP contribution in [0.5, 0.6) is 17.2 Å². The molecule has 1 aromatic carbocycles. The monoisotopic (exact) mass is 348 g/mol. The number of ketones is 1. The van der Waals surface area contributed by atoms with Crippen LogP contribution >= 0.6 is 0 Å². The van der Waals surface area contributed by atoms with Gasteiger partial charge in [0.05, 0.1) is 18.2 Å². The fourth-order valence-electron chi connectivity index (χ4n) is 3.33. The second-order valence-electron chi connectivity index (χ2n) is 7.58. The highest BCUT2D eigenvalue weighted by Crippen LogP contribution is 2.54. The average Bonchev–Trinajstić information content (AvgIpc) is 2.49. The number of ether oxygens (including phenoxy) is 3. The molecule has 0 aliphatic carbocycles. The van der Waals surface area contributed by atoms with E-state index in [-0.39, 0.29) is 22.7 Å². The van der Waals surface area contributed by atoms with Gasteiger partial charge in [-0.3, -0.25) is 4.79 Å². The maximum atomic E-state index is 12.3. The second kappa shape index (κ2) is 5.47. The van der Waals surface area contributed by atoms with Gasteiger partial charge in [0.2, 0.25) is 0 Å². The van der Waals surface area contributed by atoms with E-state index >= 15 is 0 Å². The minimum atomic E-state index is -1.25. The number of carbonyl (C=O) groups is 1. The maximum Gasteiger partial charge on any atom is 0.167 e. The molecule has 0 fully saturated rings. The molecule has 2 heterocycles. The molecule has 2 N–H and O–H groups in total. The van der Waals surface area contributed by atoms with Crippen LogP contribution in [0.4, 0.5) is 0 Å². The van der Waals surface area contributed by atoms with Gasteiger partial charge in [-0.25, -0.2) is 0 Å². The van der Waals surface area contributed by atoms with E-state index in [1.807, 2.05) is 26.0 Å². The first kappa shape index (κ1) is 17.8. The normalized spacial score (nSPS) is 25.3. The van der Waals surface area contributed by atoms with Crippen LogP contribution in [0.25, 0.3) is 6.08 Å². The fourth-order valence-corrected chi connectivity index (χ4v) is 3.33. The molecule has 0 saturated heterocycles. The molecule has 6 heteroatoms. The van der Waals surface area contributed by atoms with Crippen molar-refractivity contribution in [1.82, 2.24) is 0 Å². The summed E-state index contributed by atoms with van der Waals surface area (Å²) in [7, 11) is 1.41. The summed E-state index contributed by atoms with van der Waals surface area (Å²) in [6, 6.07) is 0. The van der Waals surface area contributed by atoms with Gasteiger partial charge in [-0.05, 0) is 46.8 Å². The largest absolute Gasteiger partial charge is 0.495 e. The molecular weight excluding hydrogens is 324 g/mol. The molecule has 3 rings (SSSR count). The lowest BCUT2D eigenvalue weighted by molar-refractivity contribution is -0.112. The van der Waals surface area contributed by atoms with Crippen molar-refractivity contribution in [3.63, 3.8) is 0 Å². The lowest BCUT2D eigenvalue weighted by atomic mass is 9.84. The van der Waals surface area contributed by atoms with Gasteiger partial charge in [0.1, 0.15) is 46.2 Å². The zero-order chi connectivity index (χ0) is 18.7. The molecule has 0 amide bonds. The Hall–Kier alpha value is -2.05. The number of carbonyl (C=O) groups excluding carboxylic acids is 1. The molecule has 25 heavy (non-hydrogen) atoms. The minimum Gasteiger partial charge on any atom is -0.495 e. The number of fused-ring (bicyclic) bond motifs is 3. The molecule has 0 saturated carbocycles. The number of rotatable bonds is 2. The van der Waals surface area contributed by atoms with E-state index < -0.39 is 23.4 Å². The van der Waals surface area contributed by atoms with E-state index in [4.69, 9.17) is 14.2 Å². The smallest absolute Gasteiger partial charge is 0.167 e. The Morgan fingerprint density at radius 2 is 1.80 bits per heavy atom. The van der Waals surface area contributed by atoms with E-state index in [0.717, 1.165) is 0 Å². The Balaban J connectivity index is 2.41. The molecule has 0 spiro atoms. The zero-order valence-electron chi connectivity index (χ0n) is 15.3. The molecule has 136 valence electrons. The lowest BCUT2D eigenvalue weighted by Crippen LogP contribution is -2.49. The van der Waals surface area contributed by atoms with Gasteiger partial charge in [0.25, 0.3) is 0 Å². The summed E-state index contributed by atoms with van der Waals surface area (Å²) in [5.41, 5.74) is -0.531. The molecule has 0 aromatic heterocycles. The molecule has 6 nitrogen and oxygen atoms in total. The van der Waals surface area contributed by atoms with Crippen LogP contribution in [-0.2, 0) is 0 Å². The van der Waals surface area contributed by atoms with Crippen molar-refractivity contribution < 1.29 is 29.2 Å². The van der Waals surface area contributed by atoms with Gasteiger partial charge in [0.15, 0.2) is 5.78 Å². The molecule has 0 radical (unpaired) electrons. The SMILES string of the molecule is COc1c(C(C)=O)c2c(c3c1C(O)C(O)C(C)(C)O3)C=CC(C)(C)O2. The Kier molecular flexibility index (Phi) is 3.89. The average molecular weight is 348 g/mol. The van der Waals surface area contributed by atoms with Gasteiger partial charge in [-0.2, -0.15) is 0 Å². The third-order valence-corrected chi connectivity index (χ3v) is 4.68. The van der Waals surface area contributed by atoms with Crippen molar-refractivity contribution in [3.8, 4) is 17.2 Å². The van der Waals surface area contributed by atoms with Crippen molar-refractivity contribution >= 4 is 11.9 Å². The van der Waals surface area contributed by atoms with Crippen LogP contribution in [0.2, 0.25) is 0 Å². The fraction of sp³-hybridized carbons (Fsp3) is 0.526. The molecule has 2 unspecified atom stereocenters. The molecular formula is C19H24O6. The number of hydrogen-bond donors (Lipinski definition) is 2. The van der Waals surface area contributed by atoms with Crippen molar-refractivity contribution in [2.45, 2.75) is 58.0 Å². The standard InChI is InChI=1S/C19H24O6/c1-9(20)11-14-10(7-8-18(2,3)24-14)15-12(16(11)23-6)13(21)17(22)19(4,5)25-15/h7-8,13,17,21-22H,1-6H3. The molecule has 1 aromatic rings. The summed E-state index contributed by atoms with van der Waals surface area (Å²) in [5, 5.41) is 21.1. The predicted octanol–water partition coefficient (Wildman–Crippen LogP) is 2.65. The summed E-state index contributed by atoms with van der Waals surface area (Å²) in [5.74, 6) is 0.657. The van der Waals surface area contributed by atoms with Crippen LogP contribution in [0.1, 0.15) is 62.2 Å². The lowest BCUT2D eigenvalue weighted by Gasteiger charge is -2.42. The van der Waals surface area contributed by atoms with Crippen LogP contribution in [-0.4, -0.2) is 40.4 Å². The Morgan fingerprint density at radius 1 is 1.16 bits per heavy atom. The van der Waals surface area contributed by atoms with E-state index in [0.29, 0.717) is 17.1 Å². The number of methoxy groups -OCH3 is 1. The number of benzene rings is 1. The maximum absolute atomic E-state index is 12.3. The third kappa shape index (κ3) is 2.60. The minimum absolute atomic E-state index is 0.175. The number of Topliss-reactive ketones (excluding diaryl/α,β-unsaturated/α-hetero) is 1. The molecule has 2 atom stereocenters. The highest BCUT2D eigenvalue weighted by molar-refractivity contribution is 6.02. The quantitative estimate of drug-likeness (QED) is 0.799. The second-order valence-corrected chi connectivity index (χ2v) is 7.58. The first-order chi connectivity index (χ1) is 11.5. The first-order valence-corrected chi connectivity index (χ1v) is 8.22. The number of hydrogen-bond acceptors (Lipinski definition) is 6. The van der Waals surface area contributed by atoms with Crippen molar-refractivity contribution in [1.29, 1.82) is 0 Å². The summed E-state index contributed by atoms with van der Waals surface area (Å²) in [6.45, 7) is 8.56. The summed E-state index contributed by atoms with van der Waals surface area (Å²) < 4.78 is 17.5. The Labute approximate surface area is 147 Å². The van der Waals surface area contributed by atoms with Crippen LogP contribution in [0, 0.1) is 0 Å². The van der Waals surface area contributed by atoms with E-state index in [1.165, 1.54) is 14.0 Å². The summed E-state index contributed by atoms with van der Waals surface area (Å²) in [6.07, 6.45) is 1.27. The van der Waals surface area contributed by atoms with E-state index in [2.05, 4.69) is 0 Å². The third-order valence-electron chi connectivity index (χ3n) is 4.68. The van der Waals surface area contributed by atoms with Gasteiger partial charge < -0.3 is 24.4 Å². The molecule has 2 aliphatic heterocycles. The predicted molar refractivity (Wildman–Crippen MR) is 92.4 cm³/mol. The van der Waals surface area contributed by atoms with Gasteiger partial charge >= 0.3 is 0 Å². The van der Waals surface area contributed by atoms with Crippen molar-refractivity contribution in [2.24, 2.45) is 0 Å². The summed E-state index contributed by atoms with van der Waals surface area (Å²) in [4.78, 5) is 12.3.